The third kappa shape index (κ3) is 6.79. The predicted octanol–water partition coefficient (Wildman–Crippen LogP) is 5.79. The van der Waals surface area contributed by atoms with Crippen molar-refractivity contribution < 1.29 is 19.0 Å². The second-order valence-corrected chi connectivity index (χ2v) is 13.5. The maximum absolute atomic E-state index is 15.2. The van der Waals surface area contributed by atoms with E-state index in [4.69, 9.17) is 31.3 Å². The Morgan fingerprint density at radius 1 is 1.04 bits per heavy atom. The van der Waals surface area contributed by atoms with E-state index in [0.29, 0.717) is 41.4 Å². The Labute approximate surface area is 284 Å². The summed E-state index contributed by atoms with van der Waals surface area (Å²) in [5.41, 5.74) is 1.45. The Morgan fingerprint density at radius 3 is 2.27 bits per heavy atom. The predicted molar refractivity (Wildman–Crippen MR) is 184 cm³/mol. The van der Waals surface area contributed by atoms with E-state index in [9.17, 15) is 14.7 Å². The van der Waals surface area contributed by atoms with Crippen molar-refractivity contribution in [3.05, 3.63) is 63.0 Å². The number of amides is 1. The van der Waals surface area contributed by atoms with Gasteiger partial charge in [-0.15, -0.1) is 0 Å². The number of halogens is 2. The molecular weight excluding hydrogens is 639 g/mol. The van der Waals surface area contributed by atoms with Crippen LogP contribution in [0.15, 0.2) is 35.1 Å². The molecule has 0 aliphatic carbocycles. The van der Waals surface area contributed by atoms with Crippen LogP contribution in [0.5, 0.6) is 6.01 Å². The van der Waals surface area contributed by atoms with Gasteiger partial charge in [0.05, 0.1) is 33.2 Å². The average molecular weight is 681 g/mol. The lowest BCUT2D eigenvalue weighted by Gasteiger charge is -2.43. The van der Waals surface area contributed by atoms with E-state index in [1.54, 1.807) is 31.2 Å². The molecule has 3 aromatic heterocycles. The van der Waals surface area contributed by atoms with Crippen LogP contribution in [0.3, 0.4) is 0 Å². The second-order valence-electron chi connectivity index (χ2n) is 13.1. The number of aromatic nitrogens is 5. The molecule has 0 bridgehead atoms. The summed E-state index contributed by atoms with van der Waals surface area (Å²) in [5, 5.41) is 10.4. The summed E-state index contributed by atoms with van der Waals surface area (Å²) in [5.74, 6) is -0.537. The van der Waals surface area contributed by atoms with Gasteiger partial charge in [-0.05, 0) is 58.0 Å². The number of hydrogen-bond acceptors (Lipinski definition) is 9. The highest BCUT2D eigenvalue weighted by atomic mass is 35.5. The summed E-state index contributed by atoms with van der Waals surface area (Å²) in [7, 11) is 3.89. The minimum absolute atomic E-state index is 0.159. The molecule has 1 aliphatic rings. The summed E-state index contributed by atoms with van der Waals surface area (Å²) in [6.45, 7) is 13.1. The van der Waals surface area contributed by atoms with Gasteiger partial charge < -0.3 is 24.5 Å². The molecule has 0 spiro atoms. The third-order valence-electron chi connectivity index (χ3n) is 8.44. The minimum Gasteiger partial charge on any atom is -0.465 e. The maximum Gasteiger partial charge on any atom is 0.407 e. The largest absolute Gasteiger partial charge is 0.465 e. The third-order valence-corrected chi connectivity index (χ3v) is 8.73. The normalized spacial score (nSPS) is 16.9. The van der Waals surface area contributed by atoms with Gasteiger partial charge in [0, 0.05) is 37.3 Å². The average Bonchev–Trinajstić information content (AvgIpc) is 3.01. The minimum atomic E-state index is -1.02. The van der Waals surface area contributed by atoms with Crippen molar-refractivity contribution in [2.45, 2.75) is 65.5 Å². The van der Waals surface area contributed by atoms with Crippen LogP contribution in [-0.4, -0.2) is 97.9 Å². The van der Waals surface area contributed by atoms with Crippen molar-refractivity contribution in [2.75, 3.05) is 45.2 Å². The first-order valence-electron chi connectivity index (χ1n) is 16.0. The number of piperazine rings is 1. The van der Waals surface area contributed by atoms with E-state index < -0.39 is 17.6 Å². The molecule has 0 saturated carbocycles. The number of carbonyl (C=O) groups is 1. The highest BCUT2D eigenvalue weighted by molar-refractivity contribution is 6.33. The second kappa shape index (κ2) is 14.0. The Bertz CT molecular complexity index is 1870. The fourth-order valence-corrected chi connectivity index (χ4v) is 6.20. The standard InChI is InChI=1S/C34H42ClFN8O4/c1-18(2)26-29(27(19(3)4)39-32(38-26)48-14-13-41(7)8)44-31-23(15-24(35)28(37-31)22-11-9-10-12-25(22)36)30(40-33(44)45)42-16-21(6)43(34(46)47)17-20(42)5/h9-12,15,18-21H,13-14,16-17H2,1-8H3,(H,46,47). The van der Waals surface area contributed by atoms with Crippen LogP contribution in [0.4, 0.5) is 15.0 Å². The first kappa shape index (κ1) is 35.0. The maximum atomic E-state index is 15.2. The van der Waals surface area contributed by atoms with Gasteiger partial charge >= 0.3 is 17.8 Å². The molecular formula is C34H42ClFN8O4. The van der Waals surface area contributed by atoms with E-state index in [1.807, 2.05) is 58.5 Å². The van der Waals surface area contributed by atoms with Gasteiger partial charge in [-0.3, -0.25) is 0 Å². The lowest BCUT2D eigenvalue weighted by Crippen LogP contribution is -2.58. The van der Waals surface area contributed by atoms with Crippen LogP contribution in [-0.2, 0) is 0 Å². The number of carboxylic acid groups (broad SMARTS) is 1. The Morgan fingerprint density at radius 2 is 1.69 bits per heavy atom. The lowest BCUT2D eigenvalue weighted by atomic mass is 10.0. The van der Waals surface area contributed by atoms with Gasteiger partial charge in [-0.2, -0.15) is 15.0 Å². The molecule has 5 rings (SSSR count). The van der Waals surface area contributed by atoms with Crippen molar-refractivity contribution in [3.8, 4) is 23.0 Å². The van der Waals surface area contributed by atoms with Crippen LogP contribution < -0.4 is 15.3 Å². The molecule has 1 aliphatic heterocycles. The zero-order valence-corrected chi connectivity index (χ0v) is 29.3. The number of anilines is 1. The fraction of sp³-hybridized carbons (Fsp3) is 0.471. The molecule has 14 heteroatoms. The lowest BCUT2D eigenvalue weighted by molar-refractivity contribution is 0.114. The number of hydrogen-bond donors (Lipinski definition) is 1. The van der Waals surface area contributed by atoms with Crippen molar-refractivity contribution >= 4 is 34.5 Å². The van der Waals surface area contributed by atoms with Crippen molar-refractivity contribution in [1.29, 1.82) is 0 Å². The Kier molecular flexibility index (Phi) is 10.2. The van der Waals surface area contributed by atoms with Crippen molar-refractivity contribution in [2.24, 2.45) is 0 Å². The molecule has 1 amide bonds. The molecule has 4 aromatic rings. The van der Waals surface area contributed by atoms with Gasteiger partial charge in [0.2, 0.25) is 0 Å². The molecule has 1 fully saturated rings. The van der Waals surface area contributed by atoms with E-state index in [2.05, 4.69) is 4.98 Å². The topological polar surface area (TPSA) is 130 Å². The van der Waals surface area contributed by atoms with Gasteiger partial charge in [0.1, 0.15) is 18.2 Å². The molecule has 1 aromatic carbocycles. The summed E-state index contributed by atoms with van der Waals surface area (Å²) >= 11 is 6.85. The monoisotopic (exact) mass is 680 g/mol. The molecule has 2 unspecified atom stereocenters. The van der Waals surface area contributed by atoms with E-state index in [-0.39, 0.29) is 64.9 Å². The highest BCUT2D eigenvalue weighted by Crippen LogP contribution is 2.37. The van der Waals surface area contributed by atoms with Crippen molar-refractivity contribution in [3.63, 3.8) is 0 Å². The molecule has 48 heavy (non-hydrogen) atoms. The number of ether oxygens (including phenoxy) is 1. The summed E-state index contributed by atoms with van der Waals surface area (Å²) < 4.78 is 22.5. The number of pyridine rings is 1. The van der Waals surface area contributed by atoms with Crippen LogP contribution in [0, 0.1) is 5.82 Å². The SMILES string of the molecule is CC(C)c1nc(OCCN(C)C)nc(C(C)C)c1-n1c(=O)nc(N2CC(C)N(C(=O)O)CC2C)c2cc(Cl)c(-c3ccccc3F)nc21. The molecule has 1 N–H and O–H groups in total. The summed E-state index contributed by atoms with van der Waals surface area (Å²) in [6, 6.07) is 7.31. The molecule has 2 atom stereocenters. The van der Waals surface area contributed by atoms with E-state index in [1.165, 1.54) is 15.5 Å². The van der Waals surface area contributed by atoms with Crippen LogP contribution in [0.2, 0.25) is 5.02 Å². The van der Waals surface area contributed by atoms with Crippen LogP contribution >= 0.6 is 11.6 Å². The summed E-state index contributed by atoms with van der Waals surface area (Å²) in [6.07, 6.45) is -1.02. The first-order valence-corrected chi connectivity index (χ1v) is 16.4. The zero-order valence-electron chi connectivity index (χ0n) is 28.5. The van der Waals surface area contributed by atoms with Crippen LogP contribution in [0.1, 0.15) is 64.8 Å². The molecule has 4 heterocycles. The van der Waals surface area contributed by atoms with E-state index >= 15 is 4.39 Å². The van der Waals surface area contributed by atoms with Gasteiger partial charge in [-0.25, -0.2) is 23.5 Å². The van der Waals surface area contributed by atoms with Gasteiger partial charge in [0.25, 0.3) is 0 Å². The molecule has 256 valence electrons. The van der Waals surface area contributed by atoms with E-state index in [0.717, 1.165) is 0 Å². The zero-order chi connectivity index (χ0) is 35.0. The van der Waals surface area contributed by atoms with Crippen LogP contribution in [0.25, 0.3) is 28.0 Å². The molecule has 0 radical (unpaired) electrons. The summed E-state index contributed by atoms with van der Waals surface area (Å²) in [4.78, 5) is 50.7. The first-order chi connectivity index (χ1) is 22.7. The van der Waals surface area contributed by atoms with Gasteiger partial charge in [0.15, 0.2) is 5.65 Å². The van der Waals surface area contributed by atoms with Crippen molar-refractivity contribution in [1.82, 2.24) is 34.3 Å². The molecule has 12 nitrogen and oxygen atoms in total. The number of likely N-dealkylation sites (N-methyl/N-ethyl adjacent to an activating group) is 1. The fourth-order valence-electron chi connectivity index (χ4n) is 5.94. The Hall–Kier alpha value is -4.36. The highest BCUT2D eigenvalue weighted by Gasteiger charge is 2.35. The number of fused-ring (bicyclic) bond motifs is 1. The number of rotatable bonds is 9. The smallest absolute Gasteiger partial charge is 0.407 e. The van der Waals surface area contributed by atoms with Gasteiger partial charge in [-0.1, -0.05) is 51.4 Å². The quantitative estimate of drug-likeness (QED) is 0.232. The Balaban J connectivity index is 1.84. The molecule has 1 saturated heterocycles. The number of nitrogens with zero attached hydrogens (tertiary/aromatic N) is 8. The number of benzene rings is 1.